The molecule has 0 atom stereocenters. The fourth-order valence-electron chi connectivity index (χ4n) is 3.63. The minimum atomic E-state index is -4.73. The van der Waals surface area contributed by atoms with E-state index < -0.39 is 29.2 Å². The molecule has 0 spiro atoms. The number of alkyl halides is 6. The van der Waals surface area contributed by atoms with Crippen molar-refractivity contribution in [2.24, 2.45) is 0 Å². The van der Waals surface area contributed by atoms with Crippen molar-refractivity contribution >= 4 is 28.5 Å². The van der Waals surface area contributed by atoms with Gasteiger partial charge in [0.15, 0.2) is 11.5 Å². The first kappa shape index (κ1) is 26.9. The lowest BCUT2D eigenvalue weighted by atomic mass is 10.1. The third-order valence-electron chi connectivity index (χ3n) is 5.62. The topological polar surface area (TPSA) is 92.6 Å². The number of halogens is 6. The number of unbranched alkanes of at least 4 members (excludes halogenated alkanes) is 1. The maximum atomic E-state index is 14.0. The Hall–Kier alpha value is -4.10. The van der Waals surface area contributed by atoms with E-state index in [0.717, 1.165) is 37.2 Å². The Bertz CT molecular complexity index is 1410. The molecule has 0 aliphatic rings. The molecule has 0 saturated heterocycles. The molecular formula is C24H22F6N8. The highest BCUT2D eigenvalue weighted by molar-refractivity contribution is 5.87. The minimum Gasteiger partial charge on any atom is -0.355 e. The van der Waals surface area contributed by atoms with E-state index in [1.54, 1.807) is 4.90 Å². The molecule has 0 amide bonds. The van der Waals surface area contributed by atoms with Crippen LogP contribution in [0.1, 0.15) is 37.8 Å². The second kappa shape index (κ2) is 10.7. The standard InChI is InChI=1S/C24H22F6N8/c1-3-5-10-38(4-2)19-11-15(24(28,29)30)20(37-36-19)17-13-33-21-16(8-9-31-22(21)35-17)34-18-7-6-14(12-32-18)23(25,26)27/h6-9,11-13H,3-5,10H2,1-2H3,(H,31,32,34,35). The van der Waals surface area contributed by atoms with Gasteiger partial charge in [0.05, 0.1) is 23.0 Å². The Morgan fingerprint density at radius 3 is 2.32 bits per heavy atom. The molecule has 1 N–H and O–H groups in total. The van der Waals surface area contributed by atoms with Gasteiger partial charge in [-0.05, 0) is 37.6 Å². The molecule has 0 saturated carbocycles. The van der Waals surface area contributed by atoms with Gasteiger partial charge in [0.2, 0.25) is 0 Å². The van der Waals surface area contributed by atoms with E-state index in [9.17, 15) is 26.3 Å². The lowest BCUT2D eigenvalue weighted by molar-refractivity contribution is -0.138. The number of anilines is 3. The monoisotopic (exact) mass is 536 g/mol. The second-order valence-corrected chi connectivity index (χ2v) is 8.24. The number of nitrogens with one attached hydrogen (secondary N) is 1. The Kier molecular flexibility index (Phi) is 7.60. The Morgan fingerprint density at radius 2 is 1.68 bits per heavy atom. The van der Waals surface area contributed by atoms with Gasteiger partial charge in [-0.1, -0.05) is 13.3 Å². The van der Waals surface area contributed by atoms with Crippen molar-refractivity contribution in [1.82, 2.24) is 30.1 Å². The average molecular weight is 536 g/mol. The lowest BCUT2D eigenvalue weighted by Crippen LogP contribution is -2.26. The number of hydrogen-bond donors (Lipinski definition) is 1. The van der Waals surface area contributed by atoms with Crippen LogP contribution in [0.4, 0.5) is 43.7 Å². The molecular weight excluding hydrogens is 514 g/mol. The highest BCUT2D eigenvalue weighted by atomic mass is 19.4. The van der Waals surface area contributed by atoms with Crippen LogP contribution < -0.4 is 10.2 Å². The van der Waals surface area contributed by atoms with Crippen LogP contribution in [0.2, 0.25) is 0 Å². The summed E-state index contributed by atoms with van der Waals surface area (Å²) in [7, 11) is 0. The molecule has 0 aliphatic heterocycles. The van der Waals surface area contributed by atoms with E-state index in [1.165, 1.54) is 12.3 Å². The first-order valence-corrected chi connectivity index (χ1v) is 11.6. The van der Waals surface area contributed by atoms with Crippen LogP contribution >= 0.6 is 0 Å². The third kappa shape index (κ3) is 5.89. The SMILES string of the molecule is CCCCN(CC)c1cc(C(F)(F)F)c(-c2cnc3c(Nc4ccc(C(F)(F)F)cn4)ccnc3n2)nn1. The number of hydrogen-bond acceptors (Lipinski definition) is 8. The van der Waals surface area contributed by atoms with Crippen LogP contribution in [0.3, 0.4) is 0 Å². The molecule has 200 valence electrons. The molecule has 0 radical (unpaired) electrons. The van der Waals surface area contributed by atoms with Crippen LogP contribution in [0.25, 0.3) is 22.6 Å². The summed E-state index contributed by atoms with van der Waals surface area (Å²) in [6, 6.07) is 4.45. The predicted octanol–water partition coefficient (Wildman–Crippen LogP) is 6.28. The van der Waals surface area contributed by atoms with Gasteiger partial charge in [0, 0.05) is 25.5 Å². The molecule has 0 aliphatic carbocycles. The summed E-state index contributed by atoms with van der Waals surface area (Å²) < 4.78 is 80.4. The fraction of sp³-hybridized carbons (Fsp3) is 0.333. The zero-order chi connectivity index (χ0) is 27.5. The van der Waals surface area contributed by atoms with Crippen LogP contribution in [0.15, 0.2) is 42.9 Å². The molecule has 14 heteroatoms. The minimum absolute atomic E-state index is 0.00320. The summed E-state index contributed by atoms with van der Waals surface area (Å²) in [4.78, 5) is 18.0. The zero-order valence-corrected chi connectivity index (χ0v) is 20.3. The number of pyridine rings is 2. The van der Waals surface area contributed by atoms with E-state index in [-0.39, 0.29) is 28.5 Å². The maximum Gasteiger partial charge on any atom is 0.418 e. The number of rotatable bonds is 8. The number of aromatic nitrogens is 6. The van der Waals surface area contributed by atoms with Crippen molar-refractivity contribution in [3.8, 4) is 11.4 Å². The van der Waals surface area contributed by atoms with Crippen molar-refractivity contribution < 1.29 is 26.3 Å². The molecule has 0 unspecified atom stereocenters. The maximum absolute atomic E-state index is 14.0. The van der Waals surface area contributed by atoms with E-state index >= 15 is 0 Å². The van der Waals surface area contributed by atoms with Crippen LogP contribution in [-0.2, 0) is 12.4 Å². The van der Waals surface area contributed by atoms with E-state index in [2.05, 4.69) is 35.5 Å². The molecule has 4 aromatic rings. The lowest BCUT2D eigenvalue weighted by Gasteiger charge is -2.22. The largest absolute Gasteiger partial charge is 0.418 e. The first-order chi connectivity index (χ1) is 18.0. The third-order valence-corrected chi connectivity index (χ3v) is 5.62. The first-order valence-electron chi connectivity index (χ1n) is 11.6. The summed E-state index contributed by atoms with van der Waals surface area (Å²) >= 11 is 0. The smallest absolute Gasteiger partial charge is 0.355 e. The van der Waals surface area contributed by atoms with Gasteiger partial charge in [-0.2, -0.15) is 26.3 Å². The van der Waals surface area contributed by atoms with Gasteiger partial charge < -0.3 is 10.2 Å². The fourth-order valence-corrected chi connectivity index (χ4v) is 3.63. The molecule has 0 fully saturated rings. The molecule has 8 nitrogen and oxygen atoms in total. The Labute approximate surface area is 213 Å². The molecule has 4 heterocycles. The van der Waals surface area contributed by atoms with Crippen molar-refractivity contribution in [3.63, 3.8) is 0 Å². The second-order valence-electron chi connectivity index (χ2n) is 8.24. The van der Waals surface area contributed by atoms with Gasteiger partial charge in [-0.25, -0.2) is 19.9 Å². The summed E-state index contributed by atoms with van der Waals surface area (Å²) in [6.07, 6.45) is -4.47. The highest BCUT2D eigenvalue weighted by Crippen LogP contribution is 2.37. The number of fused-ring (bicyclic) bond motifs is 1. The van der Waals surface area contributed by atoms with Crippen LogP contribution in [-0.4, -0.2) is 43.2 Å². The molecule has 4 aromatic heterocycles. The summed E-state index contributed by atoms with van der Waals surface area (Å²) in [6.45, 7) is 4.82. The van der Waals surface area contributed by atoms with E-state index in [0.29, 0.717) is 25.0 Å². The number of nitrogens with zero attached hydrogens (tertiary/aromatic N) is 7. The van der Waals surface area contributed by atoms with Gasteiger partial charge in [-0.3, -0.25) is 0 Å². The molecule has 38 heavy (non-hydrogen) atoms. The highest BCUT2D eigenvalue weighted by Gasteiger charge is 2.36. The van der Waals surface area contributed by atoms with E-state index in [4.69, 9.17) is 0 Å². The molecule has 4 rings (SSSR count). The average Bonchev–Trinajstić information content (AvgIpc) is 2.88. The van der Waals surface area contributed by atoms with Gasteiger partial charge in [-0.15, -0.1) is 10.2 Å². The Morgan fingerprint density at radius 1 is 0.895 bits per heavy atom. The summed E-state index contributed by atoms with van der Waals surface area (Å²) in [5.74, 6) is 0.208. The van der Waals surface area contributed by atoms with Crippen molar-refractivity contribution in [2.75, 3.05) is 23.3 Å². The summed E-state index contributed by atoms with van der Waals surface area (Å²) in [5.41, 5.74) is -2.12. The van der Waals surface area contributed by atoms with Crippen molar-refractivity contribution in [2.45, 2.75) is 39.0 Å². The van der Waals surface area contributed by atoms with E-state index in [1.807, 2.05) is 13.8 Å². The summed E-state index contributed by atoms with van der Waals surface area (Å²) in [5, 5.41) is 10.7. The quantitative estimate of drug-likeness (QED) is 0.263. The zero-order valence-electron chi connectivity index (χ0n) is 20.3. The van der Waals surface area contributed by atoms with Gasteiger partial charge >= 0.3 is 12.4 Å². The van der Waals surface area contributed by atoms with Gasteiger partial charge in [0.25, 0.3) is 0 Å². The molecule has 0 aromatic carbocycles. The molecule has 0 bridgehead atoms. The van der Waals surface area contributed by atoms with Gasteiger partial charge in [0.1, 0.15) is 22.7 Å². The van der Waals surface area contributed by atoms with Crippen LogP contribution in [0, 0.1) is 0 Å². The predicted molar refractivity (Wildman–Crippen MR) is 129 cm³/mol. The van der Waals surface area contributed by atoms with Crippen molar-refractivity contribution in [1.29, 1.82) is 0 Å². The normalized spacial score (nSPS) is 12.1. The van der Waals surface area contributed by atoms with Crippen LogP contribution in [0.5, 0.6) is 0 Å². The Balaban J connectivity index is 1.69. The van der Waals surface area contributed by atoms with Crippen molar-refractivity contribution in [3.05, 3.63) is 54.0 Å².